The first-order valence-corrected chi connectivity index (χ1v) is 10.2. The van der Waals surface area contributed by atoms with Crippen molar-refractivity contribution >= 4 is 29.3 Å². The zero-order valence-electron chi connectivity index (χ0n) is 16.4. The third-order valence-corrected chi connectivity index (χ3v) is 5.43. The van der Waals surface area contributed by atoms with Crippen LogP contribution in [0.1, 0.15) is 53.2 Å². The third kappa shape index (κ3) is 5.67. The van der Waals surface area contributed by atoms with E-state index in [0.717, 1.165) is 24.8 Å². The lowest BCUT2D eigenvalue weighted by atomic mass is 10.0. The fourth-order valence-corrected chi connectivity index (χ4v) is 3.59. The van der Waals surface area contributed by atoms with Crippen molar-refractivity contribution in [2.45, 2.75) is 51.7 Å². The number of rotatable bonds is 8. The maximum atomic E-state index is 12.4. The first kappa shape index (κ1) is 21.1. The van der Waals surface area contributed by atoms with Gasteiger partial charge in [0.05, 0.1) is 6.42 Å². The van der Waals surface area contributed by atoms with Crippen LogP contribution in [-0.2, 0) is 33.7 Å². The van der Waals surface area contributed by atoms with Gasteiger partial charge in [-0.15, -0.1) is 0 Å². The highest BCUT2D eigenvalue weighted by atomic mass is 35.5. The Kier molecular flexibility index (Phi) is 7.04. The molecular weight excluding hydrogens is 390 g/mol. The molecule has 6 heteroatoms. The lowest BCUT2D eigenvalue weighted by Crippen LogP contribution is -2.35. The zero-order valence-corrected chi connectivity index (χ0v) is 17.1. The molecule has 0 aromatic heterocycles. The number of amides is 1. The van der Waals surface area contributed by atoms with Gasteiger partial charge in [0.25, 0.3) is 5.91 Å². The minimum atomic E-state index is -0.944. The van der Waals surface area contributed by atoms with Gasteiger partial charge in [0.1, 0.15) is 0 Å². The number of ketones is 1. The lowest BCUT2D eigenvalue weighted by molar-refractivity contribution is -0.154. The van der Waals surface area contributed by atoms with Crippen molar-refractivity contribution in [1.29, 1.82) is 0 Å². The first-order valence-electron chi connectivity index (χ1n) is 9.79. The minimum Gasteiger partial charge on any atom is -0.453 e. The molecule has 1 aliphatic carbocycles. The highest BCUT2D eigenvalue weighted by molar-refractivity contribution is 6.31. The van der Waals surface area contributed by atoms with E-state index in [4.69, 9.17) is 16.3 Å². The van der Waals surface area contributed by atoms with E-state index in [0.29, 0.717) is 10.6 Å². The fraction of sp³-hybridized carbons (Fsp3) is 0.348. The van der Waals surface area contributed by atoms with Gasteiger partial charge in [-0.05, 0) is 55.0 Å². The summed E-state index contributed by atoms with van der Waals surface area (Å²) in [5, 5.41) is 3.25. The van der Waals surface area contributed by atoms with Gasteiger partial charge in [0, 0.05) is 23.6 Å². The number of nitrogens with one attached hydrogen (secondary N) is 1. The molecule has 2 aromatic rings. The number of halogens is 1. The molecule has 29 heavy (non-hydrogen) atoms. The van der Waals surface area contributed by atoms with Crippen LogP contribution < -0.4 is 5.32 Å². The van der Waals surface area contributed by atoms with Gasteiger partial charge >= 0.3 is 5.97 Å². The van der Waals surface area contributed by atoms with E-state index in [1.54, 1.807) is 6.07 Å². The average Bonchev–Trinajstić information content (AvgIpc) is 3.19. The molecule has 0 heterocycles. The van der Waals surface area contributed by atoms with E-state index in [1.807, 2.05) is 36.4 Å². The second kappa shape index (κ2) is 9.70. The van der Waals surface area contributed by atoms with Crippen LogP contribution in [0, 0.1) is 0 Å². The Balaban J connectivity index is 1.43. The number of hydrogen-bond donors (Lipinski definition) is 1. The van der Waals surface area contributed by atoms with E-state index < -0.39 is 18.0 Å². The molecule has 0 unspecified atom stereocenters. The van der Waals surface area contributed by atoms with Gasteiger partial charge in [-0.1, -0.05) is 41.9 Å². The van der Waals surface area contributed by atoms with Gasteiger partial charge in [-0.2, -0.15) is 0 Å². The highest BCUT2D eigenvalue weighted by Gasteiger charge is 2.19. The molecule has 152 valence electrons. The molecule has 0 aliphatic heterocycles. The number of carbonyl (C=O) groups excluding carboxylic acids is 3. The van der Waals surface area contributed by atoms with Crippen LogP contribution in [0.5, 0.6) is 0 Å². The van der Waals surface area contributed by atoms with E-state index in [9.17, 15) is 14.4 Å². The van der Waals surface area contributed by atoms with Crippen molar-refractivity contribution in [2.75, 3.05) is 0 Å². The summed E-state index contributed by atoms with van der Waals surface area (Å²) in [6.45, 7) is 1.75. The Bertz CT molecular complexity index is 925. The second-order valence-electron chi connectivity index (χ2n) is 7.20. The largest absolute Gasteiger partial charge is 0.453 e. The number of fused-ring (bicyclic) bond motifs is 1. The van der Waals surface area contributed by atoms with Crippen LogP contribution in [0.2, 0.25) is 5.02 Å². The SMILES string of the molecule is C[C@H](OC(=O)CCC(=O)c1ccc2c(c1)CCC2)C(=O)NCc1ccccc1Cl. The number of Topliss-reactive ketones (excluding diaryl/α,β-unsaturated/α-hetero) is 1. The number of benzene rings is 2. The van der Waals surface area contributed by atoms with E-state index >= 15 is 0 Å². The Morgan fingerprint density at radius 2 is 1.83 bits per heavy atom. The topological polar surface area (TPSA) is 72.5 Å². The van der Waals surface area contributed by atoms with Crippen LogP contribution >= 0.6 is 11.6 Å². The van der Waals surface area contributed by atoms with Crippen molar-refractivity contribution in [2.24, 2.45) is 0 Å². The molecule has 0 saturated carbocycles. The molecule has 0 bridgehead atoms. The number of aryl methyl sites for hydroxylation is 2. The smallest absolute Gasteiger partial charge is 0.307 e. The van der Waals surface area contributed by atoms with Crippen LogP contribution in [0.25, 0.3) is 0 Å². The molecule has 0 radical (unpaired) electrons. The average molecular weight is 414 g/mol. The molecule has 1 atom stereocenters. The summed E-state index contributed by atoms with van der Waals surface area (Å²) in [5.41, 5.74) is 3.93. The van der Waals surface area contributed by atoms with Crippen molar-refractivity contribution < 1.29 is 19.1 Å². The molecule has 3 rings (SSSR count). The van der Waals surface area contributed by atoms with Crippen molar-refractivity contribution in [3.8, 4) is 0 Å². The Labute approximate surface area is 175 Å². The van der Waals surface area contributed by atoms with Gasteiger partial charge < -0.3 is 10.1 Å². The standard InChI is InChI=1S/C23H24ClNO4/c1-15(23(28)25-14-19-5-2-3-8-20(19)24)29-22(27)12-11-21(26)18-10-9-16-6-4-7-17(16)13-18/h2-3,5,8-10,13,15H,4,6-7,11-12,14H2,1H3,(H,25,28)/t15-/m0/s1. The number of ether oxygens (including phenoxy) is 1. The number of hydrogen-bond acceptors (Lipinski definition) is 4. The minimum absolute atomic E-state index is 0.0575. The van der Waals surface area contributed by atoms with Crippen LogP contribution in [0.15, 0.2) is 42.5 Å². The molecule has 0 spiro atoms. The Morgan fingerprint density at radius 1 is 1.07 bits per heavy atom. The molecule has 0 saturated heterocycles. The van der Waals surface area contributed by atoms with E-state index in [2.05, 4.69) is 5.32 Å². The predicted octanol–water partition coefficient (Wildman–Crippen LogP) is 4.04. The summed E-state index contributed by atoms with van der Waals surface area (Å²) in [7, 11) is 0. The van der Waals surface area contributed by atoms with Gasteiger partial charge in [-0.25, -0.2) is 0 Å². The fourth-order valence-electron chi connectivity index (χ4n) is 3.38. The summed E-state index contributed by atoms with van der Waals surface area (Å²) in [6, 6.07) is 12.9. The molecule has 0 fully saturated rings. The summed E-state index contributed by atoms with van der Waals surface area (Å²) < 4.78 is 5.15. The lowest BCUT2D eigenvalue weighted by Gasteiger charge is -2.14. The molecule has 1 N–H and O–H groups in total. The number of carbonyl (C=O) groups is 3. The van der Waals surface area contributed by atoms with E-state index in [1.165, 1.54) is 18.1 Å². The Hall–Kier alpha value is -2.66. The first-order chi connectivity index (χ1) is 13.9. The molecule has 2 aromatic carbocycles. The quantitative estimate of drug-likeness (QED) is 0.523. The van der Waals surface area contributed by atoms with Crippen molar-refractivity contribution in [3.05, 3.63) is 69.7 Å². The summed E-state index contributed by atoms with van der Waals surface area (Å²) in [4.78, 5) is 36.5. The zero-order chi connectivity index (χ0) is 20.8. The third-order valence-electron chi connectivity index (χ3n) is 5.07. The summed E-state index contributed by atoms with van der Waals surface area (Å²) in [5.74, 6) is -1.07. The van der Waals surface area contributed by atoms with Gasteiger partial charge in [0.2, 0.25) is 0 Å². The van der Waals surface area contributed by atoms with Gasteiger partial charge in [0.15, 0.2) is 11.9 Å². The molecule has 5 nitrogen and oxygen atoms in total. The normalized spacial score (nSPS) is 13.4. The molecule has 1 aliphatic rings. The monoisotopic (exact) mass is 413 g/mol. The molecular formula is C23H24ClNO4. The van der Waals surface area contributed by atoms with Crippen molar-refractivity contribution in [1.82, 2.24) is 5.32 Å². The maximum absolute atomic E-state index is 12.4. The van der Waals surface area contributed by atoms with E-state index in [-0.39, 0.29) is 25.2 Å². The maximum Gasteiger partial charge on any atom is 0.307 e. The summed E-state index contributed by atoms with van der Waals surface area (Å²) >= 11 is 6.06. The van der Waals surface area contributed by atoms with Crippen LogP contribution in [0.4, 0.5) is 0 Å². The Morgan fingerprint density at radius 3 is 2.62 bits per heavy atom. The predicted molar refractivity (Wildman–Crippen MR) is 111 cm³/mol. The number of esters is 1. The van der Waals surface area contributed by atoms with Crippen molar-refractivity contribution in [3.63, 3.8) is 0 Å². The molecule has 1 amide bonds. The van der Waals surface area contributed by atoms with Crippen LogP contribution in [0.3, 0.4) is 0 Å². The highest BCUT2D eigenvalue weighted by Crippen LogP contribution is 2.23. The second-order valence-corrected chi connectivity index (χ2v) is 7.61. The van der Waals surface area contributed by atoms with Gasteiger partial charge in [-0.3, -0.25) is 14.4 Å². The summed E-state index contributed by atoms with van der Waals surface area (Å²) in [6.07, 6.45) is 2.24. The van der Waals surface area contributed by atoms with Crippen LogP contribution in [-0.4, -0.2) is 23.8 Å².